The van der Waals surface area contributed by atoms with Crippen molar-refractivity contribution in [3.63, 3.8) is 0 Å². The van der Waals surface area contributed by atoms with Crippen molar-refractivity contribution in [1.29, 1.82) is 0 Å². The highest BCUT2D eigenvalue weighted by atomic mass is 16.3. The van der Waals surface area contributed by atoms with E-state index in [1.165, 1.54) is 0 Å². The predicted octanol–water partition coefficient (Wildman–Crippen LogP) is 3.32. The normalized spacial score (nSPS) is 15.5. The molecule has 142 valence electrons. The lowest BCUT2D eigenvalue weighted by atomic mass is 9.96. The van der Waals surface area contributed by atoms with E-state index in [4.69, 9.17) is 0 Å². The summed E-state index contributed by atoms with van der Waals surface area (Å²) < 4.78 is 0. The first-order valence-corrected chi connectivity index (χ1v) is 9.20. The van der Waals surface area contributed by atoms with E-state index in [0.29, 0.717) is 23.5 Å². The molecule has 0 radical (unpaired) electrons. The van der Waals surface area contributed by atoms with Crippen LogP contribution in [0.25, 0.3) is 11.3 Å². The van der Waals surface area contributed by atoms with E-state index in [9.17, 15) is 9.90 Å². The third kappa shape index (κ3) is 2.84. The Labute approximate surface area is 166 Å². The number of hydrogen-bond donors (Lipinski definition) is 2. The minimum Gasteiger partial charge on any atom is -0.507 e. The summed E-state index contributed by atoms with van der Waals surface area (Å²) in [5.74, 6) is -0.0308. The van der Waals surface area contributed by atoms with Gasteiger partial charge in [0, 0.05) is 42.5 Å². The maximum absolute atomic E-state index is 13.3. The number of hydrogen-bond acceptors (Lipinski definition) is 5. The highest BCUT2D eigenvalue weighted by molar-refractivity contribution is 6.00. The molecule has 1 atom stereocenters. The Kier molecular flexibility index (Phi) is 4.05. The lowest BCUT2D eigenvalue weighted by Gasteiger charge is -2.26. The van der Waals surface area contributed by atoms with Crippen molar-refractivity contribution in [2.24, 2.45) is 0 Å². The third-order valence-corrected chi connectivity index (χ3v) is 5.10. The van der Waals surface area contributed by atoms with Gasteiger partial charge in [-0.05, 0) is 35.4 Å². The number of para-hydroxylation sites is 1. The molecule has 0 bridgehead atoms. The molecule has 1 aliphatic heterocycles. The zero-order valence-corrected chi connectivity index (χ0v) is 15.4. The highest BCUT2D eigenvalue weighted by Gasteiger charge is 2.42. The monoisotopic (exact) mass is 383 g/mol. The van der Waals surface area contributed by atoms with E-state index < -0.39 is 0 Å². The van der Waals surface area contributed by atoms with Crippen molar-refractivity contribution >= 4 is 5.91 Å². The van der Waals surface area contributed by atoms with E-state index in [1.807, 2.05) is 30.3 Å². The summed E-state index contributed by atoms with van der Waals surface area (Å²) in [5.41, 5.74) is 4.12. The number of carbonyl (C=O) groups excluding carboxylic acids is 1. The highest BCUT2D eigenvalue weighted by Crippen LogP contribution is 2.44. The maximum Gasteiger partial charge on any atom is 0.273 e. The molecule has 1 aromatic carbocycles. The van der Waals surface area contributed by atoms with Gasteiger partial charge in [-0.3, -0.25) is 19.9 Å². The molecule has 1 amide bonds. The molecule has 0 saturated carbocycles. The summed E-state index contributed by atoms with van der Waals surface area (Å²) in [6.45, 7) is 0.398. The number of fused-ring (bicyclic) bond motifs is 1. The van der Waals surface area contributed by atoms with Crippen molar-refractivity contribution in [2.75, 3.05) is 0 Å². The number of aromatic amines is 1. The second kappa shape index (κ2) is 6.87. The second-order valence-electron chi connectivity index (χ2n) is 6.86. The summed E-state index contributed by atoms with van der Waals surface area (Å²) in [6, 6.07) is 14.2. The Hall–Kier alpha value is -4.00. The van der Waals surface area contributed by atoms with Crippen LogP contribution in [0.4, 0.5) is 0 Å². The average molecular weight is 383 g/mol. The second-order valence-corrected chi connectivity index (χ2v) is 6.86. The first-order valence-electron chi connectivity index (χ1n) is 9.20. The lowest BCUT2D eigenvalue weighted by Crippen LogP contribution is -2.29. The van der Waals surface area contributed by atoms with Crippen molar-refractivity contribution in [1.82, 2.24) is 25.1 Å². The van der Waals surface area contributed by atoms with Gasteiger partial charge >= 0.3 is 0 Å². The first kappa shape index (κ1) is 17.1. The Morgan fingerprint density at radius 3 is 2.52 bits per heavy atom. The number of benzene rings is 1. The van der Waals surface area contributed by atoms with E-state index in [0.717, 1.165) is 16.7 Å². The van der Waals surface area contributed by atoms with Crippen LogP contribution in [0.15, 0.2) is 73.3 Å². The van der Waals surface area contributed by atoms with E-state index in [-0.39, 0.29) is 17.7 Å². The van der Waals surface area contributed by atoms with Crippen LogP contribution in [0, 0.1) is 0 Å². The van der Waals surface area contributed by atoms with Gasteiger partial charge in [-0.15, -0.1) is 0 Å². The van der Waals surface area contributed by atoms with Crippen molar-refractivity contribution < 1.29 is 9.90 Å². The number of carbonyl (C=O) groups is 1. The smallest absolute Gasteiger partial charge is 0.273 e. The fourth-order valence-corrected chi connectivity index (χ4v) is 3.81. The maximum atomic E-state index is 13.3. The predicted molar refractivity (Wildman–Crippen MR) is 106 cm³/mol. The number of nitrogens with zero attached hydrogens (tertiary/aromatic N) is 4. The van der Waals surface area contributed by atoms with Crippen molar-refractivity contribution in [3.8, 4) is 17.0 Å². The topological polar surface area (TPSA) is 95.0 Å². The Morgan fingerprint density at radius 2 is 1.79 bits per heavy atom. The van der Waals surface area contributed by atoms with Gasteiger partial charge in [-0.25, -0.2) is 0 Å². The number of phenols is 1. The van der Waals surface area contributed by atoms with Gasteiger partial charge in [0.05, 0.1) is 6.04 Å². The number of pyridine rings is 2. The van der Waals surface area contributed by atoms with Gasteiger partial charge in [-0.2, -0.15) is 5.10 Å². The number of amides is 1. The fraction of sp³-hybridized carbons (Fsp3) is 0.0909. The molecule has 0 unspecified atom stereocenters. The molecule has 29 heavy (non-hydrogen) atoms. The van der Waals surface area contributed by atoms with Crippen molar-refractivity contribution in [2.45, 2.75) is 12.6 Å². The standard InChI is InChI=1S/C22H17N5O2/c28-17-8-2-1-7-16(17)19-18-20(26-25-19)22(29)27(13-14-5-3-9-23-11-14)21(18)15-6-4-10-24-12-15/h1-12,21,28H,13H2,(H,25,26)/t21-/m0/s1. The van der Waals surface area contributed by atoms with Crippen LogP contribution >= 0.6 is 0 Å². The average Bonchev–Trinajstić information content (AvgIpc) is 3.29. The Morgan fingerprint density at radius 1 is 1.00 bits per heavy atom. The van der Waals surface area contributed by atoms with Gasteiger partial charge in [0.1, 0.15) is 17.1 Å². The Balaban J connectivity index is 1.67. The van der Waals surface area contributed by atoms with Crippen LogP contribution < -0.4 is 0 Å². The molecule has 4 aromatic rings. The molecule has 7 nitrogen and oxygen atoms in total. The molecule has 2 N–H and O–H groups in total. The largest absolute Gasteiger partial charge is 0.507 e. The SMILES string of the molecule is O=C1c2[nH]nc(-c3ccccc3O)c2[C@H](c2cccnc2)N1Cc1cccnc1. The number of aromatic nitrogens is 4. The summed E-state index contributed by atoms with van der Waals surface area (Å²) in [6.07, 6.45) is 6.91. The van der Waals surface area contributed by atoms with E-state index in [2.05, 4.69) is 20.2 Å². The number of nitrogens with one attached hydrogen (secondary N) is 1. The molecule has 0 aliphatic carbocycles. The van der Waals surface area contributed by atoms with Crippen LogP contribution in [-0.4, -0.2) is 36.1 Å². The minimum atomic E-state index is -0.375. The lowest BCUT2D eigenvalue weighted by molar-refractivity contribution is 0.0729. The van der Waals surface area contributed by atoms with Gasteiger partial charge in [0.25, 0.3) is 5.91 Å². The van der Waals surface area contributed by atoms with E-state index >= 15 is 0 Å². The molecular formula is C22H17N5O2. The molecular weight excluding hydrogens is 366 g/mol. The summed E-state index contributed by atoms with van der Waals surface area (Å²) in [7, 11) is 0. The molecule has 4 heterocycles. The molecule has 7 heteroatoms. The molecule has 0 saturated heterocycles. The van der Waals surface area contributed by atoms with Crippen LogP contribution in [0.2, 0.25) is 0 Å². The number of H-pyrrole nitrogens is 1. The van der Waals surface area contributed by atoms with Crippen LogP contribution in [0.5, 0.6) is 5.75 Å². The van der Waals surface area contributed by atoms with Gasteiger partial charge in [0.2, 0.25) is 0 Å². The minimum absolute atomic E-state index is 0.116. The van der Waals surface area contributed by atoms with E-state index in [1.54, 1.807) is 47.9 Å². The van der Waals surface area contributed by atoms with Crippen LogP contribution in [0.3, 0.4) is 0 Å². The van der Waals surface area contributed by atoms with Gasteiger partial charge in [-0.1, -0.05) is 24.3 Å². The summed E-state index contributed by atoms with van der Waals surface area (Å²) in [5, 5.41) is 17.6. The number of rotatable bonds is 4. The summed E-state index contributed by atoms with van der Waals surface area (Å²) in [4.78, 5) is 23.4. The molecule has 0 fully saturated rings. The number of phenolic OH excluding ortho intramolecular Hbond substituents is 1. The van der Waals surface area contributed by atoms with Gasteiger partial charge in [0.15, 0.2) is 0 Å². The molecule has 3 aromatic heterocycles. The zero-order chi connectivity index (χ0) is 19.8. The molecule has 1 aliphatic rings. The summed E-state index contributed by atoms with van der Waals surface area (Å²) >= 11 is 0. The third-order valence-electron chi connectivity index (χ3n) is 5.10. The van der Waals surface area contributed by atoms with Gasteiger partial charge < -0.3 is 10.0 Å². The molecule has 5 rings (SSSR count). The molecule has 0 spiro atoms. The van der Waals surface area contributed by atoms with Crippen LogP contribution in [0.1, 0.15) is 33.2 Å². The van der Waals surface area contributed by atoms with Crippen LogP contribution in [-0.2, 0) is 6.54 Å². The van der Waals surface area contributed by atoms with Crippen molar-refractivity contribution in [3.05, 3.63) is 95.7 Å². The Bertz CT molecular complexity index is 1170. The fourth-order valence-electron chi connectivity index (χ4n) is 3.81. The zero-order valence-electron chi connectivity index (χ0n) is 15.4. The number of aromatic hydroxyl groups is 1. The first-order chi connectivity index (χ1) is 14.2. The quantitative estimate of drug-likeness (QED) is 0.564.